The van der Waals surface area contributed by atoms with Gasteiger partial charge in [-0.3, -0.25) is 4.79 Å². The van der Waals surface area contributed by atoms with E-state index in [-0.39, 0.29) is 11.5 Å². The molecule has 0 saturated carbocycles. The second-order valence-electron chi connectivity index (χ2n) is 4.23. The first-order valence-electron chi connectivity index (χ1n) is 5.99. The molecule has 0 bridgehead atoms. The summed E-state index contributed by atoms with van der Waals surface area (Å²) in [4.78, 5) is 11.8. The number of aryl methyl sites for hydroxylation is 1. The van der Waals surface area contributed by atoms with Crippen LogP contribution in [0.25, 0.3) is 0 Å². The third-order valence-corrected chi connectivity index (χ3v) is 2.71. The number of hydrogen-bond acceptors (Lipinski definition) is 3. The van der Waals surface area contributed by atoms with Gasteiger partial charge in [0.25, 0.3) is 0 Å². The van der Waals surface area contributed by atoms with Gasteiger partial charge in [0.2, 0.25) is 0 Å². The maximum atomic E-state index is 11.8. The Morgan fingerprint density at radius 2 is 1.79 bits per heavy atom. The normalized spacial score (nSPS) is 10.6. The molecule has 0 radical (unpaired) electrons. The van der Waals surface area contributed by atoms with Crippen LogP contribution in [0.1, 0.15) is 15.9 Å². The second-order valence-corrected chi connectivity index (χ2v) is 4.23. The molecule has 19 heavy (non-hydrogen) atoms. The third-order valence-electron chi connectivity index (χ3n) is 2.71. The van der Waals surface area contributed by atoms with Crippen LogP contribution in [0.15, 0.2) is 60.8 Å². The first-order chi connectivity index (χ1) is 9.16. The van der Waals surface area contributed by atoms with Crippen molar-refractivity contribution in [2.75, 3.05) is 5.32 Å². The van der Waals surface area contributed by atoms with Crippen molar-refractivity contribution in [1.82, 2.24) is 0 Å². The Hall–Kier alpha value is -2.55. The number of ketones is 1. The minimum absolute atomic E-state index is 0.0806. The molecule has 0 aromatic heterocycles. The van der Waals surface area contributed by atoms with E-state index in [1.54, 1.807) is 36.4 Å². The number of nitrogens with one attached hydrogen (secondary N) is 1. The number of allylic oxidation sites excluding steroid dienone is 1. The largest absolute Gasteiger partial charge is 0.506 e. The van der Waals surface area contributed by atoms with Gasteiger partial charge in [-0.25, -0.2) is 0 Å². The molecule has 2 aromatic carbocycles. The van der Waals surface area contributed by atoms with Gasteiger partial charge < -0.3 is 10.4 Å². The second kappa shape index (κ2) is 5.87. The molecule has 0 fully saturated rings. The molecule has 0 amide bonds. The van der Waals surface area contributed by atoms with Gasteiger partial charge in [0.1, 0.15) is 5.75 Å². The molecule has 0 unspecified atom stereocenters. The zero-order valence-electron chi connectivity index (χ0n) is 10.6. The summed E-state index contributed by atoms with van der Waals surface area (Å²) in [7, 11) is 0. The summed E-state index contributed by atoms with van der Waals surface area (Å²) in [5, 5.41) is 12.4. The molecule has 0 heterocycles. The molecule has 0 atom stereocenters. The first kappa shape index (κ1) is 12.9. The molecule has 3 nitrogen and oxygen atoms in total. The number of phenolic OH excluding ortho intramolecular Hbond substituents is 1. The van der Waals surface area contributed by atoms with Crippen molar-refractivity contribution in [3.63, 3.8) is 0 Å². The van der Waals surface area contributed by atoms with Crippen molar-refractivity contribution in [3.05, 3.63) is 71.9 Å². The molecule has 0 aliphatic carbocycles. The van der Waals surface area contributed by atoms with Crippen LogP contribution >= 0.6 is 0 Å². The van der Waals surface area contributed by atoms with E-state index in [4.69, 9.17) is 0 Å². The van der Waals surface area contributed by atoms with E-state index in [0.717, 1.165) is 5.56 Å². The summed E-state index contributed by atoms with van der Waals surface area (Å²) in [5.41, 5.74) is 2.32. The lowest BCUT2D eigenvalue weighted by molar-refractivity contribution is 0.104. The minimum atomic E-state index is -0.0806. The highest BCUT2D eigenvalue weighted by Gasteiger charge is 2.00. The summed E-state index contributed by atoms with van der Waals surface area (Å²) < 4.78 is 0. The summed E-state index contributed by atoms with van der Waals surface area (Å²) in [6, 6.07) is 14.2. The standard InChI is InChI=1S/C16H15NO2/c1-12-6-8-13(9-7-12)15(18)10-11-17-14-4-2-3-5-16(14)19/h2-11,17,19H,1H3/b11-10+. The molecule has 2 N–H and O–H groups in total. The molecule has 2 rings (SSSR count). The number of benzene rings is 2. The molecule has 0 aliphatic heterocycles. The van der Waals surface area contributed by atoms with Crippen LogP contribution in [0, 0.1) is 6.92 Å². The van der Waals surface area contributed by atoms with Gasteiger partial charge in [-0.2, -0.15) is 0 Å². The molecular weight excluding hydrogens is 238 g/mol. The molecule has 2 aromatic rings. The number of anilines is 1. The number of rotatable bonds is 4. The van der Waals surface area contributed by atoms with E-state index in [1.165, 1.54) is 12.3 Å². The van der Waals surface area contributed by atoms with Crippen LogP contribution in [0.2, 0.25) is 0 Å². The Morgan fingerprint density at radius 3 is 2.47 bits per heavy atom. The lowest BCUT2D eigenvalue weighted by Gasteiger charge is -2.02. The average Bonchev–Trinajstić information content (AvgIpc) is 2.41. The van der Waals surface area contributed by atoms with E-state index in [1.807, 2.05) is 19.1 Å². The van der Waals surface area contributed by atoms with Crippen LogP contribution in [0.3, 0.4) is 0 Å². The van der Waals surface area contributed by atoms with Gasteiger partial charge in [0, 0.05) is 17.8 Å². The highest BCUT2D eigenvalue weighted by atomic mass is 16.3. The lowest BCUT2D eigenvalue weighted by Crippen LogP contribution is -1.96. The van der Waals surface area contributed by atoms with Crippen molar-refractivity contribution in [3.8, 4) is 5.75 Å². The van der Waals surface area contributed by atoms with Gasteiger partial charge >= 0.3 is 0 Å². The quantitative estimate of drug-likeness (QED) is 0.498. The van der Waals surface area contributed by atoms with Crippen molar-refractivity contribution >= 4 is 11.5 Å². The fourth-order valence-electron chi connectivity index (χ4n) is 1.62. The predicted octanol–water partition coefficient (Wildman–Crippen LogP) is 3.51. The third kappa shape index (κ3) is 3.45. The average molecular weight is 253 g/mol. The van der Waals surface area contributed by atoms with Crippen molar-refractivity contribution in [1.29, 1.82) is 0 Å². The fourth-order valence-corrected chi connectivity index (χ4v) is 1.62. The number of phenols is 1. The van der Waals surface area contributed by atoms with Crippen molar-refractivity contribution in [2.45, 2.75) is 6.92 Å². The van der Waals surface area contributed by atoms with Crippen molar-refractivity contribution in [2.24, 2.45) is 0 Å². The SMILES string of the molecule is Cc1ccc(C(=O)/C=C/Nc2ccccc2O)cc1. The van der Waals surface area contributed by atoms with E-state index in [0.29, 0.717) is 11.3 Å². The molecule has 0 saturated heterocycles. The van der Waals surface area contributed by atoms with Crippen LogP contribution in [-0.2, 0) is 0 Å². The number of carbonyl (C=O) groups is 1. The Labute approximate surface area is 112 Å². The van der Waals surface area contributed by atoms with Gasteiger partial charge in [-0.15, -0.1) is 0 Å². The summed E-state index contributed by atoms with van der Waals surface area (Å²) in [6.45, 7) is 1.98. The predicted molar refractivity (Wildman–Crippen MR) is 76.4 cm³/mol. The van der Waals surface area contributed by atoms with Gasteiger partial charge in [-0.05, 0) is 19.1 Å². The smallest absolute Gasteiger partial charge is 0.187 e. The fraction of sp³-hybridized carbons (Fsp3) is 0.0625. The van der Waals surface area contributed by atoms with E-state index in [2.05, 4.69) is 5.32 Å². The Kier molecular flexibility index (Phi) is 3.98. The van der Waals surface area contributed by atoms with Crippen LogP contribution in [0.4, 0.5) is 5.69 Å². The highest BCUT2D eigenvalue weighted by Crippen LogP contribution is 2.21. The van der Waals surface area contributed by atoms with E-state index >= 15 is 0 Å². The van der Waals surface area contributed by atoms with Crippen LogP contribution in [0.5, 0.6) is 5.75 Å². The van der Waals surface area contributed by atoms with Crippen LogP contribution < -0.4 is 5.32 Å². The minimum Gasteiger partial charge on any atom is -0.506 e. The van der Waals surface area contributed by atoms with Gasteiger partial charge in [-0.1, -0.05) is 42.0 Å². The number of hydrogen-bond donors (Lipinski definition) is 2. The summed E-state index contributed by atoms with van der Waals surface area (Å²) in [6.07, 6.45) is 2.97. The van der Waals surface area contributed by atoms with Gasteiger partial charge in [0.05, 0.1) is 5.69 Å². The number of aromatic hydroxyl groups is 1. The maximum absolute atomic E-state index is 11.8. The summed E-state index contributed by atoms with van der Waals surface area (Å²) in [5.74, 6) is 0.0675. The zero-order valence-corrected chi connectivity index (χ0v) is 10.6. The number of para-hydroxylation sites is 2. The number of carbonyl (C=O) groups excluding carboxylic acids is 1. The molecular formula is C16H15NO2. The first-order valence-corrected chi connectivity index (χ1v) is 5.99. The topological polar surface area (TPSA) is 49.3 Å². The molecule has 96 valence electrons. The Bertz CT molecular complexity index is 600. The zero-order chi connectivity index (χ0) is 13.7. The molecule has 3 heteroatoms. The summed E-state index contributed by atoms with van der Waals surface area (Å²) >= 11 is 0. The Morgan fingerprint density at radius 1 is 1.11 bits per heavy atom. The van der Waals surface area contributed by atoms with E-state index < -0.39 is 0 Å². The van der Waals surface area contributed by atoms with Gasteiger partial charge in [0.15, 0.2) is 5.78 Å². The lowest BCUT2D eigenvalue weighted by atomic mass is 10.1. The van der Waals surface area contributed by atoms with Crippen LogP contribution in [-0.4, -0.2) is 10.9 Å². The monoisotopic (exact) mass is 253 g/mol. The van der Waals surface area contributed by atoms with Crippen molar-refractivity contribution < 1.29 is 9.90 Å². The highest BCUT2D eigenvalue weighted by molar-refractivity contribution is 6.04. The Balaban J connectivity index is 2.01. The molecule has 0 aliphatic rings. The maximum Gasteiger partial charge on any atom is 0.187 e. The van der Waals surface area contributed by atoms with E-state index in [9.17, 15) is 9.90 Å². The molecule has 0 spiro atoms.